The first-order chi connectivity index (χ1) is 13.9. The molecule has 0 radical (unpaired) electrons. The fourth-order valence-electron chi connectivity index (χ4n) is 3.84. The second-order valence-corrected chi connectivity index (χ2v) is 7.70. The molecule has 0 saturated heterocycles. The lowest BCUT2D eigenvalue weighted by Gasteiger charge is -2.10. The third-order valence-electron chi connectivity index (χ3n) is 5.28. The van der Waals surface area contributed by atoms with E-state index in [4.69, 9.17) is 21.6 Å². The highest BCUT2D eigenvalue weighted by molar-refractivity contribution is 6.30. The van der Waals surface area contributed by atoms with E-state index in [1.807, 2.05) is 30.7 Å². The van der Waals surface area contributed by atoms with Crippen LogP contribution in [0.4, 0.5) is 0 Å². The Balaban J connectivity index is 1.73. The van der Waals surface area contributed by atoms with Crippen molar-refractivity contribution in [1.82, 2.24) is 19.1 Å². The lowest BCUT2D eigenvalue weighted by molar-refractivity contribution is 0.745. The van der Waals surface area contributed by atoms with Crippen LogP contribution in [-0.4, -0.2) is 19.1 Å². The van der Waals surface area contributed by atoms with Crippen LogP contribution < -0.4 is 0 Å². The topological polar surface area (TPSA) is 59.4 Å². The SMILES string of the molecule is CCc1nc2c(C)cc(C)nc2n1Cc1ccc(-c2c(C#N)cc(Cl)n2C)cc1. The van der Waals surface area contributed by atoms with E-state index in [9.17, 15) is 5.26 Å². The van der Waals surface area contributed by atoms with E-state index >= 15 is 0 Å². The molecule has 0 fully saturated rings. The van der Waals surface area contributed by atoms with E-state index < -0.39 is 0 Å². The summed E-state index contributed by atoms with van der Waals surface area (Å²) in [6, 6.07) is 14.3. The van der Waals surface area contributed by atoms with Crippen LogP contribution in [-0.2, 0) is 20.0 Å². The smallest absolute Gasteiger partial charge is 0.160 e. The molecule has 3 heterocycles. The number of rotatable bonds is 4. The fourth-order valence-corrected chi connectivity index (χ4v) is 4.03. The van der Waals surface area contributed by atoms with Crippen molar-refractivity contribution in [3.8, 4) is 17.3 Å². The van der Waals surface area contributed by atoms with E-state index in [0.29, 0.717) is 17.3 Å². The molecule has 0 unspecified atom stereocenters. The zero-order chi connectivity index (χ0) is 20.7. The Kier molecular flexibility index (Phi) is 4.89. The van der Waals surface area contributed by atoms with Gasteiger partial charge in [-0.15, -0.1) is 0 Å². The Morgan fingerprint density at radius 2 is 1.83 bits per heavy atom. The Hall–Kier alpha value is -3.10. The van der Waals surface area contributed by atoms with E-state index in [1.54, 1.807) is 6.07 Å². The molecule has 5 nitrogen and oxygen atoms in total. The highest BCUT2D eigenvalue weighted by atomic mass is 35.5. The summed E-state index contributed by atoms with van der Waals surface area (Å²) in [5.74, 6) is 1.03. The van der Waals surface area contributed by atoms with Gasteiger partial charge in [0, 0.05) is 19.2 Å². The summed E-state index contributed by atoms with van der Waals surface area (Å²) >= 11 is 6.20. The van der Waals surface area contributed by atoms with Crippen LogP contribution in [0.5, 0.6) is 0 Å². The molecule has 0 N–H and O–H groups in total. The molecule has 146 valence electrons. The Labute approximate surface area is 175 Å². The molecule has 0 atom stereocenters. The first kappa shape index (κ1) is 19.2. The average Bonchev–Trinajstić information content (AvgIpc) is 3.20. The maximum absolute atomic E-state index is 9.41. The molecule has 0 amide bonds. The zero-order valence-electron chi connectivity index (χ0n) is 17.0. The van der Waals surface area contributed by atoms with E-state index in [1.165, 1.54) is 0 Å². The van der Waals surface area contributed by atoms with Crippen molar-refractivity contribution in [3.63, 3.8) is 0 Å². The number of aryl methyl sites for hydroxylation is 3. The first-order valence-electron chi connectivity index (χ1n) is 9.61. The van der Waals surface area contributed by atoms with Gasteiger partial charge in [-0.1, -0.05) is 42.8 Å². The van der Waals surface area contributed by atoms with Gasteiger partial charge in [0.2, 0.25) is 0 Å². The number of benzene rings is 1. The highest BCUT2D eigenvalue weighted by Gasteiger charge is 2.15. The van der Waals surface area contributed by atoms with E-state index in [0.717, 1.165) is 51.5 Å². The predicted octanol–water partition coefficient (Wildman–Crippen LogP) is 5.19. The minimum absolute atomic E-state index is 0.551. The molecule has 0 bridgehead atoms. The van der Waals surface area contributed by atoms with Gasteiger partial charge in [-0.3, -0.25) is 0 Å². The van der Waals surface area contributed by atoms with Crippen LogP contribution in [0.1, 0.15) is 35.1 Å². The number of halogens is 1. The number of fused-ring (bicyclic) bond motifs is 1. The van der Waals surface area contributed by atoms with Gasteiger partial charge in [-0.2, -0.15) is 5.26 Å². The largest absolute Gasteiger partial charge is 0.334 e. The standard InChI is InChI=1S/C23H22ClN5/c1-5-20-27-21-14(2)10-15(3)26-23(21)29(20)13-16-6-8-17(9-7-16)22-18(12-25)11-19(24)28(22)4/h6-11H,5,13H2,1-4H3. The van der Waals surface area contributed by atoms with Gasteiger partial charge in [0.15, 0.2) is 5.65 Å². The van der Waals surface area contributed by atoms with Gasteiger partial charge >= 0.3 is 0 Å². The normalized spacial score (nSPS) is 11.2. The number of nitrogens with zero attached hydrogens (tertiary/aromatic N) is 5. The highest BCUT2D eigenvalue weighted by Crippen LogP contribution is 2.29. The predicted molar refractivity (Wildman–Crippen MR) is 116 cm³/mol. The molecule has 0 saturated carbocycles. The summed E-state index contributed by atoms with van der Waals surface area (Å²) in [4.78, 5) is 9.57. The summed E-state index contributed by atoms with van der Waals surface area (Å²) in [5, 5.41) is 9.96. The van der Waals surface area contributed by atoms with Crippen LogP contribution in [0.15, 0.2) is 36.4 Å². The third kappa shape index (κ3) is 3.30. The van der Waals surface area contributed by atoms with Gasteiger partial charge in [0.25, 0.3) is 0 Å². The maximum atomic E-state index is 9.41. The van der Waals surface area contributed by atoms with Crippen molar-refractivity contribution in [3.05, 3.63) is 69.8 Å². The van der Waals surface area contributed by atoms with Crippen molar-refractivity contribution >= 4 is 22.8 Å². The Morgan fingerprint density at radius 1 is 1.10 bits per heavy atom. The monoisotopic (exact) mass is 403 g/mol. The fraction of sp³-hybridized carbons (Fsp3) is 0.261. The molecular weight excluding hydrogens is 382 g/mol. The summed E-state index contributed by atoms with van der Waals surface area (Å²) in [5.41, 5.74) is 7.59. The molecule has 0 aliphatic rings. The van der Waals surface area contributed by atoms with Gasteiger partial charge in [-0.25, -0.2) is 9.97 Å². The van der Waals surface area contributed by atoms with Crippen LogP contribution in [0.3, 0.4) is 0 Å². The number of aromatic nitrogens is 4. The number of hydrogen-bond acceptors (Lipinski definition) is 3. The molecule has 29 heavy (non-hydrogen) atoms. The quantitative estimate of drug-likeness (QED) is 0.471. The Bertz CT molecular complexity index is 1260. The summed E-state index contributed by atoms with van der Waals surface area (Å²) in [6.07, 6.45) is 0.848. The number of hydrogen-bond donors (Lipinski definition) is 0. The first-order valence-corrected chi connectivity index (χ1v) is 9.98. The number of imidazole rings is 1. The molecule has 4 aromatic rings. The van der Waals surface area contributed by atoms with E-state index in [-0.39, 0.29) is 0 Å². The minimum atomic E-state index is 0.551. The van der Waals surface area contributed by atoms with Crippen molar-refractivity contribution in [1.29, 1.82) is 5.26 Å². The molecule has 0 aliphatic heterocycles. The minimum Gasteiger partial charge on any atom is -0.334 e. The lowest BCUT2D eigenvalue weighted by Crippen LogP contribution is -2.05. The second kappa shape index (κ2) is 7.38. The summed E-state index contributed by atoms with van der Waals surface area (Å²) in [7, 11) is 1.87. The van der Waals surface area contributed by atoms with Crippen molar-refractivity contribution in [2.75, 3.05) is 0 Å². The van der Waals surface area contributed by atoms with Crippen molar-refractivity contribution in [2.45, 2.75) is 33.7 Å². The molecule has 0 aliphatic carbocycles. The number of nitriles is 1. The summed E-state index contributed by atoms with van der Waals surface area (Å²) in [6.45, 7) is 6.92. The van der Waals surface area contributed by atoms with Gasteiger partial charge < -0.3 is 9.13 Å². The molecule has 1 aromatic carbocycles. The van der Waals surface area contributed by atoms with Crippen molar-refractivity contribution in [2.24, 2.45) is 7.05 Å². The molecule has 0 spiro atoms. The van der Waals surface area contributed by atoms with Crippen LogP contribution in [0.25, 0.3) is 22.4 Å². The second-order valence-electron chi connectivity index (χ2n) is 7.32. The van der Waals surface area contributed by atoms with Gasteiger partial charge in [0.1, 0.15) is 22.6 Å². The maximum Gasteiger partial charge on any atom is 0.160 e. The molecule has 6 heteroatoms. The average molecular weight is 404 g/mol. The van der Waals surface area contributed by atoms with Crippen LogP contribution in [0, 0.1) is 25.2 Å². The van der Waals surface area contributed by atoms with Gasteiger partial charge in [-0.05, 0) is 42.7 Å². The Morgan fingerprint density at radius 3 is 2.48 bits per heavy atom. The van der Waals surface area contributed by atoms with Gasteiger partial charge in [0.05, 0.1) is 17.8 Å². The lowest BCUT2D eigenvalue weighted by atomic mass is 10.1. The van der Waals surface area contributed by atoms with E-state index in [2.05, 4.69) is 42.7 Å². The zero-order valence-corrected chi connectivity index (χ0v) is 17.7. The third-order valence-corrected chi connectivity index (χ3v) is 5.64. The molecular formula is C23H22ClN5. The molecule has 3 aromatic heterocycles. The summed E-state index contributed by atoms with van der Waals surface area (Å²) < 4.78 is 4.04. The number of pyridine rings is 1. The van der Waals surface area contributed by atoms with Crippen molar-refractivity contribution < 1.29 is 0 Å². The molecule has 4 rings (SSSR count). The van der Waals surface area contributed by atoms with Crippen LogP contribution in [0.2, 0.25) is 5.15 Å². The van der Waals surface area contributed by atoms with Crippen LogP contribution >= 0.6 is 11.6 Å².